The van der Waals surface area contributed by atoms with Crippen LogP contribution in [-0.2, 0) is 11.2 Å². The number of morpholine rings is 1. The van der Waals surface area contributed by atoms with Crippen LogP contribution in [0.15, 0.2) is 24.3 Å². The molecule has 0 aliphatic carbocycles. The average Bonchev–Trinajstić information content (AvgIpc) is 2.83. The van der Waals surface area contributed by atoms with Gasteiger partial charge in [0, 0.05) is 37.4 Å². The molecule has 2 atom stereocenters. The maximum absolute atomic E-state index is 12.6. The van der Waals surface area contributed by atoms with Crippen LogP contribution in [0.2, 0.25) is 0 Å². The van der Waals surface area contributed by atoms with Gasteiger partial charge in [-0.15, -0.1) is 0 Å². The molecule has 2 aliphatic heterocycles. The van der Waals surface area contributed by atoms with E-state index >= 15 is 0 Å². The highest BCUT2D eigenvalue weighted by atomic mass is 16.5. The van der Waals surface area contributed by atoms with Crippen LogP contribution in [0.25, 0.3) is 0 Å². The molecule has 2 unspecified atom stereocenters. The van der Waals surface area contributed by atoms with Crippen molar-refractivity contribution in [2.75, 3.05) is 37.7 Å². The molecule has 0 saturated carbocycles. The molecule has 5 heteroatoms. The molecule has 120 valence electrons. The van der Waals surface area contributed by atoms with Crippen LogP contribution < -0.4 is 10.2 Å². The summed E-state index contributed by atoms with van der Waals surface area (Å²) in [5.41, 5.74) is 2.30. The van der Waals surface area contributed by atoms with Gasteiger partial charge in [-0.2, -0.15) is 0 Å². The van der Waals surface area contributed by atoms with E-state index in [1.165, 1.54) is 5.56 Å². The molecule has 2 aliphatic rings. The topological polar surface area (TPSA) is 44.8 Å². The number of benzene rings is 1. The summed E-state index contributed by atoms with van der Waals surface area (Å²) in [5.74, 6) is 0. The molecule has 2 amide bonds. The van der Waals surface area contributed by atoms with Gasteiger partial charge in [-0.1, -0.05) is 18.2 Å². The quantitative estimate of drug-likeness (QED) is 0.927. The molecular weight excluding hydrogens is 278 g/mol. The van der Waals surface area contributed by atoms with Crippen LogP contribution in [0.1, 0.15) is 19.4 Å². The molecule has 1 fully saturated rings. The number of anilines is 1. The molecule has 22 heavy (non-hydrogen) atoms. The van der Waals surface area contributed by atoms with E-state index in [1.807, 2.05) is 23.1 Å². The summed E-state index contributed by atoms with van der Waals surface area (Å²) in [5, 5.41) is 3.14. The fourth-order valence-corrected chi connectivity index (χ4v) is 3.37. The molecule has 0 bridgehead atoms. The highest BCUT2D eigenvalue weighted by molar-refractivity contribution is 5.95. The Bertz CT molecular complexity index is 528. The Morgan fingerprint density at radius 1 is 1.36 bits per heavy atom. The third-order valence-corrected chi connectivity index (χ3v) is 4.43. The second kappa shape index (κ2) is 6.67. The standard InChI is InChI=1S/C17H25N3O2/c1-13(12-19-7-9-22-10-8-19)18-17(21)20-14(2)11-15-5-3-4-6-16(15)20/h3-6,13-14H,7-12H2,1-2H3,(H,18,21). The normalized spacial score (nSPS) is 23.2. The van der Waals surface area contributed by atoms with E-state index in [2.05, 4.69) is 30.1 Å². The summed E-state index contributed by atoms with van der Waals surface area (Å²) in [6, 6.07) is 8.53. The highest BCUT2D eigenvalue weighted by Crippen LogP contribution is 2.31. The second-order valence-electron chi connectivity index (χ2n) is 6.32. The molecule has 0 aromatic heterocycles. The molecule has 2 heterocycles. The lowest BCUT2D eigenvalue weighted by Gasteiger charge is -2.31. The first-order chi connectivity index (χ1) is 10.6. The van der Waals surface area contributed by atoms with Gasteiger partial charge in [0.25, 0.3) is 0 Å². The maximum Gasteiger partial charge on any atom is 0.322 e. The SMILES string of the molecule is CC(CN1CCOCC1)NC(=O)N1c2ccccc2CC1C. The van der Waals surface area contributed by atoms with Crippen LogP contribution in [0, 0.1) is 0 Å². The Balaban J connectivity index is 1.59. The minimum atomic E-state index is 0.0122. The zero-order valence-corrected chi connectivity index (χ0v) is 13.4. The predicted octanol–water partition coefficient (Wildman–Crippen LogP) is 1.87. The number of hydrogen-bond donors (Lipinski definition) is 1. The molecular formula is C17H25N3O2. The first kappa shape index (κ1) is 15.3. The van der Waals surface area contributed by atoms with Gasteiger partial charge in [0.05, 0.1) is 13.2 Å². The first-order valence-corrected chi connectivity index (χ1v) is 8.13. The summed E-state index contributed by atoms with van der Waals surface area (Å²) in [6.45, 7) is 8.52. The van der Waals surface area contributed by atoms with Gasteiger partial charge in [0.15, 0.2) is 0 Å². The lowest BCUT2D eigenvalue weighted by molar-refractivity contribution is 0.0349. The van der Waals surface area contributed by atoms with Crippen molar-refractivity contribution in [3.63, 3.8) is 0 Å². The summed E-state index contributed by atoms with van der Waals surface area (Å²) in [4.78, 5) is 16.9. The average molecular weight is 303 g/mol. The molecule has 1 aromatic carbocycles. The van der Waals surface area contributed by atoms with Crippen molar-refractivity contribution in [2.45, 2.75) is 32.4 Å². The van der Waals surface area contributed by atoms with E-state index in [-0.39, 0.29) is 18.1 Å². The smallest absolute Gasteiger partial charge is 0.322 e. The van der Waals surface area contributed by atoms with Gasteiger partial charge in [0.1, 0.15) is 0 Å². The van der Waals surface area contributed by atoms with Crippen molar-refractivity contribution in [1.82, 2.24) is 10.2 Å². The Kier molecular flexibility index (Phi) is 4.64. The first-order valence-electron chi connectivity index (χ1n) is 8.13. The number of para-hydroxylation sites is 1. The fourth-order valence-electron chi connectivity index (χ4n) is 3.37. The van der Waals surface area contributed by atoms with Crippen LogP contribution in [0.4, 0.5) is 10.5 Å². The van der Waals surface area contributed by atoms with Crippen molar-refractivity contribution in [2.24, 2.45) is 0 Å². The number of carbonyl (C=O) groups is 1. The third-order valence-electron chi connectivity index (χ3n) is 4.43. The molecule has 1 saturated heterocycles. The molecule has 1 aromatic rings. The monoisotopic (exact) mass is 303 g/mol. The van der Waals surface area contributed by atoms with E-state index in [0.717, 1.165) is 45.0 Å². The molecule has 3 rings (SSSR count). The minimum absolute atomic E-state index is 0.0122. The Morgan fingerprint density at radius 2 is 2.09 bits per heavy atom. The third kappa shape index (κ3) is 3.25. The van der Waals surface area contributed by atoms with Gasteiger partial charge < -0.3 is 10.1 Å². The molecule has 0 spiro atoms. The number of amides is 2. The summed E-state index contributed by atoms with van der Waals surface area (Å²) in [7, 11) is 0. The van der Waals surface area contributed by atoms with Gasteiger partial charge in [-0.05, 0) is 31.9 Å². The largest absolute Gasteiger partial charge is 0.379 e. The van der Waals surface area contributed by atoms with Crippen LogP contribution >= 0.6 is 0 Å². The minimum Gasteiger partial charge on any atom is -0.379 e. The number of nitrogens with one attached hydrogen (secondary N) is 1. The zero-order valence-electron chi connectivity index (χ0n) is 13.4. The van der Waals surface area contributed by atoms with Gasteiger partial charge in [-0.25, -0.2) is 4.79 Å². The van der Waals surface area contributed by atoms with Gasteiger partial charge in [-0.3, -0.25) is 9.80 Å². The van der Waals surface area contributed by atoms with E-state index in [9.17, 15) is 4.79 Å². The van der Waals surface area contributed by atoms with Crippen molar-refractivity contribution in [1.29, 1.82) is 0 Å². The fraction of sp³-hybridized carbons (Fsp3) is 0.588. The number of hydrogen-bond acceptors (Lipinski definition) is 3. The second-order valence-corrected chi connectivity index (χ2v) is 6.32. The molecule has 0 radical (unpaired) electrons. The number of urea groups is 1. The van der Waals surface area contributed by atoms with Gasteiger partial charge in [0.2, 0.25) is 0 Å². The van der Waals surface area contributed by atoms with E-state index in [1.54, 1.807) is 0 Å². The van der Waals surface area contributed by atoms with Crippen LogP contribution in [0.3, 0.4) is 0 Å². The van der Waals surface area contributed by atoms with E-state index in [0.29, 0.717) is 0 Å². The lowest BCUT2D eigenvalue weighted by atomic mass is 10.1. The van der Waals surface area contributed by atoms with Crippen LogP contribution in [-0.4, -0.2) is 55.9 Å². The Hall–Kier alpha value is -1.59. The van der Waals surface area contributed by atoms with E-state index in [4.69, 9.17) is 4.74 Å². The number of fused-ring (bicyclic) bond motifs is 1. The molecule has 5 nitrogen and oxygen atoms in total. The zero-order chi connectivity index (χ0) is 15.5. The summed E-state index contributed by atoms with van der Waals surface area (Å²) in [6.07, 6.45) is 0.932. The predicted molar refractivity (Wildman–Crippen MR) is 87.3 cm³/mol. The van der Waals surface area contributed by atoms with Gasteiger partial charge >= 0.3 is 6.03 Å². The lowest BCUT2D eigenvalue weighted by Crippen LogP contribution is -2.51. The van der Waals surface area contributed by atoms with Crippen molar-refractivity contribution in [3.05, 3.63) is 29.8 Å². The van der Waals surface area contributed by atoms with Crippen molar-refractivity contribution < 1.29 is 9.53 Å². The number of ether oxygens (including phenoxy) is 1. The summed E-state index contributed by atoms with van der Waals surface area (Å²) < 4.78 is 5.36. The van der Waals surface area contributed by atoms with Crippen molar-refractivity contribution >= 4 is 11.7 Å². The molecule has 1 N–H and O–H groups in total. The van der Waals surface area contributed by atoms with Crippen molar-refractivity contribution in [3.8, 4) is 0 Å². The highest BCUT2D eigenvalue weighted by Gasteiger charge is 2.31. The summed E-state index contributed by atoms with van der Waals surface area (Å²) >= 11 is 0. The van der Waals surface area contributed by atoms with Crippen LogP contribution in [0.5, 0.6) is 0 Å². The Labute approximate surface area is 132 Å². The number of nitrogens with zero attached hydrogens (tertiary/aromatic N) is 2. The Morgan fingerprint density at radius 3 is 2.86 bits per heavy atom. The van der Waals surface area contributed by atoms with E-state index < -0.39 is 0 Å². The number of carbonyl (C=O) groups excluding carboxylic acids is 1. The number of rotatable bonds is 3. The maximum atomic E-state index is 12.6.